The largest absolute Gasteiger partial charge is 0.379 e. The third-order valence-corrected chi connectivity index (χ3v) is 3.58. The molecule has 0 spiro atoms. The predicted octanol–water partition coefficient (Wildman–Crippen LogP) is 1.99. The minimum atomic E-state index is 0.348. The van der Waals surface area contributed by atoms with E-state index in [2.05, 4.69) is 19.2 Å². The minimum Gasteiger partial charge on any atom is -0.379 e. The SMILES string of the molecule is CCCCOCCOCCOCCOC1CCC(C)NC1. The Bertz CT molecular complexity index is 220. The lowest BCUT2D eigenvalue weighted by molar-refractivity contribution is -0.0255. The van der Waals surface area contributed by atoms with Crippen LogP contribution in [0.3, 0.4) is 0 Å². The maximum absolute atomic E-state index is 5.77. The average molecular weight is 303 g/mol. The molecule has 2 atom stereocenters. The van der Waals surface area contributed by atoms with E-state index < -0.39 is 0 Å². The van der Waals surface area contributed by atoms with E-state index in [9.17, 15) is 0 Å². The molecule has 1 saturated heterocycles. The first kappa shape index (κ1) is 18.8. The Morgan fingerprint density at radius 1 is 0.857 bits per heavy atom. The summed E-state index contributed by atoms with van der Waals surface area (Å²) in [5.41, 5.74) is 0. The average Bonchev–Trinajstić information content (AvgIpc) is 2.50. The Balaban J connectivity index is 1.73. The van der Waals surface area contributed by atoms with Crippen LogP contribution in [0.1, 0.15) is 39.5 Å². The van der Waals surface area contributed by atoms with Crippen molar-refractivity contribution in [2.75, 3.05) is 52.8 Å². The summed E-state index contributed by atoms with van der Waals surface area (Å²) in [5.74, 6) is 0. The molecule has 1 aliphatic heterocycles. The van der Waals surface area contributed by atoms with Crippen LogP contribution in [-0.2, 0) is 18.9 Å². The molecule has 5 heteroatoms. The van der Waals surface area contributed by atoms with E-state index in [0.717, 1.165) is 26.0 Å². The van der Waals surface area contributed by atoms with Gasteiger partial charge in [-0.3, -0.25) is 0 Å². The van der Waals surface area contributed by atoms with Gasteiger partial charge in [-0.2, -0.15) is 0 Å². The summed E-state index contributed by atoms with van der Waals surface area (Å²) in [6, 6.07) is 0.629. The van der Waals surface area contributed by atoms with Crippen LogP contribution < -0.4 is 5.32 Å². The first-order valence-corrected chi connectivity index (χ1v) is 8.41. The van der Waals surface area contributed by atoms with Gasteiger partial charge in [-0.05, 0) is 26.2 Å². The van der Waals surface area contributed by atoms with Crippen LogP contribution in [0.25, 0.3) is 0 Å². The lowest BCUT2D eigenvalue weighted by atomic mass is 10.0. The van der Waals surface area contributed by atoms with Gasteiger partial charge in [-0.15, -0.1) is 0 Å². The van der Waals surface area contributed by atoms with Crippen molar-refractivity contribution in [1.29, 1.82) is 0 Å². The fourth-order valence-corrected chi connectivity index (χ4v) is 2.18. The van der Waals surface area contributed by atoms with Gasteiger partial charge in [0.15, 0.2) is 0 Å². The highest BCUT2D eigenvalue weighted by Crippen LogP contribution is 2.10. The van der Waals surface area contributed by atoms with E-state index in [1.807, 2.05) is 0 Å². The van der Waals surface area contributed by atoms with Gasteiger partial charge in [0.2, 0.25) is 0 Å². The first-order valence-electron chi connectivity index (χ1n) is 8.41. The fraction of sp³-hybridized carbons (Fsp3) is 1.00. The van der Waals surface area contributed by atoms with E-state index in [0.29, 0.717) is 51.8 Å². The van der Waals surface area contributed by atoms with Gasteiger partial charge in [0.25, 0.3) is 0 Å². The summed E-state index contributed by atoms with van der Waals surface area (Å²) in [6.45, 7) is 10.1. The maximum atomic E-state index is 5.77. The van der Waals surface area contributed by atoms with Crippen LogP contribution in [0.2, 0.25) is 0 Å². The summed E-state index contributed by atoms with van der Waals surface area (Å²) in [6.07, 6.45) is 4.99. The molecule has 1 rings (SSSR count). The van der Waals surface area contributed by atoms with Crippen molar-refractivity contribution in [2.24, 2.45) is 0 Å². The molecule has 0 aromatic heterocycles. The van der Waals surface area contributed by atoms with Gasteiger partial charge in [0.05, 0.1) is 45.7 Å². The summed E-state index contributed by atoms with van der Waals surface area (Å²) in [4.78, 5) is 0. The van der Waals surface area contributed by atoms with Crippen LogP contribution in [0, 0.1) is 0 Å². The van der Waals surface area contributed by atoms with Gasteiger partial charge in [-0.25, -0.2) is 0 Å². The first-order chi connectivity index (χ1) is 10.3. The van der Waals surface area contributed by atoms with Crippen LogP contribution >= 0.6 is 0 Å². The number of piperidine rings is 1. The van der Waals surface area contributed by atoms with Crippen molar-refractivity contribution >= 4 is 0 Å². The quantitative estimate of drug-likeness (QED) is 0.527. The van der Waals surface area contributed by atoms with E-state index >= 15 is 0 Å². The Kier molecular flexibility index (Phi) is 12.1. The number of rotatable bonds is 13. The summed E-state index contributed by atoms with van der Waals surface area (Å²) in [5, 5.41) is 3.43. The highest BCUT2D eigenvalue weighted by atomic mass is 16.6. The molecule has 21 heavy (non-hydrogen) atoms. The van der Waals surface area contributed by atoms with Crippen molar-refractivity contribution in [3.63, 3.8) is 0 Å². The summed E-state index contributed by atoms with van der Waals surface area (Å²) in [7, 11) is 0. The molecular weight excluding hydrogens is 270 g/mol. The summed E-state index contributed by atoms with van der Waals surface area (Å²) >= 11 is 0. The van der Waals surface area contributed by atoms with Gasteiger partial charge >= 0.3 is 0 Å². The van der Waals surface area contributed by atoms with Crippen molar-refractivity contribution < 1.29 is 18.9 Å². The molecule has 1 aliphatic rings. The number of hydrogen-bond acceptors (Lipinski definition) is 5. The van der Waals surface area contributed by atoms with Crippen molar-refractivity contribution in [3.05, 3.63) is 0 Å². The predicted molar refractivity (Wildman–Crippen MR) is 83.8 cm³/mol. The Labute approximate surface area is 129 Å². The molecule has 5 nitrogen and oxygen atoms in total. The van der Waals surface area contributed by atoms with Crippen LogP contribution in [-0.4, -0.2) is 64.9 Å². The van der Waals surface area contributed by atoms with E-state index in [1.165, 1.54) is 12.8 Å². The summed E-state index contributed by atoms with van der Waals surface area (Å²) < 4.78 is 22.1. The lowest BCUT2D eigenvalue weighted by Gasteiger charge is -2.27. The molecule has 2 unspecified atom stereocenters. The third kappa shape index (κ3) is 11.1. The Morgan fingerprint density at radius 2 is 1.48 bits per heavy atom. The molecular formula is C16H33NO4. The monoisotopic (exact) mass is 303 g/mol. The third-order valence-electron chi connectivity index (χ3n) is 3.58. The van der Waals surface area contributed by atoms with Gasteiger partial charge in [0, 0.05) is 19.2 Å². The molecule has 0 bridgehead atoms. The number of unbranched alkanes of at least 4 members (excludes halogenated alkanes) is 1. The molecule has 1 N–H and O–H groups in total. The topological polar surface area (TPSA) is 49.0 Å². The molecule has 126 valence electrons. The Hall–Kier alpha value is -0.200. The van der Waals surface area contributed by atoms with Gasteiger partial charge in [0.1, 0.15) is 0 Å². The molecule has 0 aliphatic carbocycles. The molecule has 0 amide bonds. The molecule has 1 fully saturated rings. The standard InChI is InChI=1S/C16H33NO4/c1-3-4-7-18-8-9-19-10-11-20-12-13-21-16-6-5-15(2)17-14-16/h15-17H,3-14H2,1-2H3. The highest BCUT2D eigenvalue weighted by Gasteiger charge is 2.17. The second-order valence-electron chi connectivity index (χ2n) is 5.57. The zero-order chi connectivity index (χ0) is 15.2. The van der Waals surface area contributed by atoms with Gasteiger partial charge < -0.3 is 24.3 Å². The number of ether oxygens (including phenoxy) is 4. The Morgan fingerprint density at radius 3 is 2.05 bits per heavy atom. The van der Waals surface area contributed by atoms with Crippen molar-refractivity contribution in [1.82, 2.24) is 5.32 Å². The van der Waals surface area contributed by atoms with E-state index in [-0.39, 0.29) is 0 Å². The maximum Gasteiger partial charge on any atom is 0.0704 e. The van der Waals surface area contributed by atoms with E-state index in [1.54, 1.807) is 0 Å². The van der Waals surface area contributed by atoms with Crippen molar-refractivity contribution in [3.8, 4) is 0 Å². The van der Waals surface area contributed by atoms with Crippen LogP contribution in [0.5, 0.6) is 0 Å². The van der Waals surface area contributed by atoms with Crippen LogP contribution in [0.4, 0.5) is 0 Å². The van der Waals surface area contributed by atoms with Gasteiger partial charge in [-0.1, -0.05) is 13.3 Å². The molecule has 0 aromatic rings. The smallest absolute Gasteiger partial charge is 0.0704 e. The minimum absolute atomic E-state index is 0.348. The van der Waals surface area contributed by atoms with Crippen molar-refractivity contribution in [2.45, 2.75) is 51.7 Å². The molecule has 0 radical (unpaired) electrons. The number of hydrogen-bond donors (Lipinski definition) is 1. The lowest BCUT2D eigenvalue weighted by Crippen LogP contribution is -2.41. The fourth-order valence-electron chi connectivity index (χ4n) is 2.18. The second-order valence-corrected chi connectivity index (χ2v) is 5.57. The van der Waals surface area contributed by atoms with E-state index in [4.69, 9.17) is 18.9 Å². The highest BCUT2D eigenvalue weighted by molar-refractivity contribution is 4.74. The molecule has 0 aromatic carbocycles. The number of nitrogens with one attached hydrogen (secondary N) is 1. The zero-order valence-electron chi connectivity index (χ0n) is 13.8. The van der Waals surface area contributed by atoms with Crippen LogP contribution in [0.15, 0.2) is 0 Å². The normalized spacial score (nSPS) is 22.6. The zero-order valence-corrected chi connectivity index (χ0v) is 13.8. The molecule has 0 saturated carbocycles. The molecule has 1 heterocycles. The second kappa shape index (κ2) is 13.5.